The van der Waals surface area contributed by atoms with Crippen LogP contribution in [0.4, 0.5) is 0 Å². The molecule has 1 aliphatic rings. The molecule has 1 aromatic carbocycles. The first-order chi connectivity index (χ1) is 13.0. The summed E-state index contributed by atoms with van der Waals surface area (Å²) in [7, 11) is 0. The zero-order valence-electron chi connectivity index (χ0n) is 15.9. The Kier molecular flexibility index (Phi) is 4.95. The number of carbonyl (C=O) groups is 1. The zero-order valence-corrected chi connectivity index (χ0v) is 16.8. The number of aryl methyl sites for hydroxylation is 1. The van der Waals surface area contributed by atoms with E-state index in [1.165, 1.54) is 0 Å². The number of amides is 1. The van der Waals surface area contributed by atoms with Gasteiger partial charge in [-0.3, -0.25) is 4.79 Å². The van der Waals surface area contributed by atoms with Crippen molar-refractivity contribution in [1.82, 2.24) is 20.0 Å². The van der Waals surface area contributed by atoms with E-state index in [4.69, 9.17) is 4.52 Å². The van der Waals surface area contributed by atoms with Gasteiger partial charge in [0.05, 0.1) is 21.1 Å². The summed E-state index contributed by atoms with van der Waals surface area (Å²) in [5, 5.41) is 5.11. The molecule has 0 N–H and O–H groups in total. The number of carbonyl (C=O) groups excluding carboxylic acids is 1. The van der Waals surface area contributed by atoms with Crippen LogP contribution < -0.4 is 0 Å². The molecule has 6 nitrogen and oxygen atoms in total. The maximum atomic E-state index is 13.0. The number of thiazole rings is 1. The van der Waals surface area contributed by atoms with E-state index >= 15 is 0 Å². The molecule has 0 spiro atoms. The third kappa shape index (κ3) is 3.88. The summed E-state index contributed by atoms with van der Waals surface area (Å²) in [4.78, 5) is 24.0. The van der Waals surface area contributed by atoms with Gasteiger partial charge in [-0.25, -0.2) is 4.98 Å². The van der Waals surface area contributed by atoms with Gasteiger partial charge in [0.1, 0.15) is 0 Å². The Bertz CT molecular complexity index is 962. The molecule has 0 bridgehead atoms. The second kappa shape index (κ2) is 7.38. The fourth-order valence-electron chi connectivity index (χ4n) is 3.60. The zero-order chi connectivity index (χ0) is 19.0. The Morgan fingerprint density at radius 2 is 2.22 bits per heavy atom. The summed E-state index contributed by atoms with van der Waals surface area (Å²) in [6.45, 7) is 7.64. The molecule has 1 amide bonds. The highest BCUT2D eigenvalue weighted by atomic mass is 32.1. The predicted octanol–water partition coefficient (Wildman–Crippen LogP) is 4.21. The van der Waals surface area contributed by atoms with Gasteiger partial charge in [0, 0.05) is 25.1 Å². The molecule has 142 valence electrons. The number of piperidine rings is 1. The summed E-state index contributed by atoms with van der Waals surface area (Å²) in [6, 6.07) is 5.79. The number of rotatable bonds is 4. The van der Waals surface area contributed by atoms with E-state index in [1.54, 1.807) is 11.3 Å². The lowest BCUT2D eigenvalue weighted by atomic mass is 9.97. The average molecular weight is 385 g/mol. The second-order valence-electron chi connectivity index (χ2n) is 7.65. The summed E-state index contributed by atoms with van der Waals surface area (Å²) >= 11 is 1.65. The van der Waals surface area contributed by atoms with Crippen molar-refractivity contribution in [2.45, 2.75) is 46.0 Å². The monoisotopic (exact) mass is 384 g/mol. The summed E-state index contributed by atoms with van der Waals surface area (Å²) in [6.07, 6.45) is 2.72. The molecule has 3 aromatic rings. The van der Waals surface area contributed by atoms with E-state index in [0.29, 0.717) is 23.9 Å². The smallest absolute Gasteiger partial charge is 0.253 e. The molecule has 0 aliphatic carbocycles. The molecule has 0 radical (unpaired) electrons. The number of hydrogen-bond acceptors (Lipinski definition) is 6. The lowest BCUT2D eigenvalue weighted by Crippen LogP contribution is -2.39. The van der Waals surface area contributed by atoms with E-state index in [0.717, 1.165) is 46.9 Å². The SMILES string of the molecule is Cc1nc2cc(C(=O)N3CCCC(c4nc(CC(C)C)no4)C3)ccc2s1. The van der Waals surface area contributed by atoms with E-state index in [2.05, 4.69) is 29.0 Å². The minimum absolute atomic E-state index is 0.0502. The van der Waals surface area contributed by atoms with E-state index in [1.807, 2.05) is 30.0 Å². The first-order valence-electron chi connectivity index (χ1n) is 9.48. The maximum absolute atomic E-state index is 13.0. The van der Waals surface area contributed by atoms with Crippen molar-refractivity contribution in [3.05, 3.63) is 40.5 Å². The van der Waals surface area contributed by atoms with Crippen molar-refractivity contribution in [2.24, 2.45) is 5.92 Å². The lowest BCUT2D eigenvalue weighted by Gasteiger charge is -2.31. The largest absolute Gasteiger partial charge is 0.339 e. The van der Waals surface area contributed by atoms with Gasteiger partial charge in [0.15, 0.2) is 5.82 Å². The molecular weight excluding hydrogens is 360 g/mol. The fraction of sp³-hybridized carbons (Fsp3) is 0.500. The lowest BCUT2D eigenvalue weighted by molar-refractivity contribution is 0.0696. The Morgan fingerprint density at radius 3 is 3.04 bits per heavy atom. The Balaban J connectivity index is 1.49. The van der Waals surface area contributed by atoms with E-state index in [9.17, 15) is 4.79 Å². The minimum Gasteiger partial charge on any atom is -0.339 e. The molecule has 4 rings (SSSR count). The first-order valence-corrected chi connectivity index (χ1v) is 10.3. The molecule has 1 fully saturated rings. The third-order valence-electron chi connectivity index (χ3n) is 4.87. The van der Waals surface area contributed by atoms with Crippen LogP contribution in [0, 0.1) is 12.8 Å². The topological polar surface area (TPSA) is 72.1 Å². The Hall–Kier alpha value is -2.28. The van der Waals surface area contributed by atoms with Gasteiger partial charge >= 0.3 is 0 Å². The van der Waals surface area contributed by atoms with Crippen LogP contribution in [-0.2, 0) is 6.42 Å². The van der Waals surface area contributed by atoms with Crippen molar-refractivity contribution in [1.29, 1.82) is 0 Å². The number of hydrogen-bond donors (Lipinski definition) is 0. The van der Waals surface area contributed by atoms with Crippen LogP contribution in [0.3, 0.4) is 0 Å². The number of aromatic nitrogens is 3. The molecule has 0 saturated carbocycles. The van der Waals surface area contributed by atoms with E-state index < -0.39 is 0 Å². The Morgan fingerprint density at radius 1 is 1.37 bits per heavy atom. The van der Waals surface area contributed by atoms with Crippen LogP contribution in [0.25, 0.3) is 10.2 Å². The summed E-state index contributed by atoms with van der Waals surface area (Å²) in [5.41, 5.74) is 1.59. The van der Waals surface area contributed by atoms with Crippen LogP contribution >= 0.6 is 11.3 Å². The molecule has 1 saturated heterocycles. The molecule has 1 aliphatic heterocycles. The van der Waals surface area contributed by atoms with Crippen LogP contribution in [0.5, 0.6) is 0 Å². The summed E-state index contributed by atoms with van der Waals surface area (Å²) in [5.74, 6) is 2.07. The molecular formula is C20H24N4O2S. The number of fused-ring (bicyclic) bond motifs is 1. The highest BCUT2D eigenvalue weighted by Crippen LogP contribution is 2.28. The third-order valence-corrected chi connectivity index (χ3v) is 5.83. The summed E-state index contributed by atoms with van der Waals surface area (Å²) < 4.78 is 6.61. The predicted molar refractivity (Wildman–Crippen MR) is 105 cm³/mol. The molecule has 7 heteroatoms. The van der Waals surface area contributed by atoms with Gasteiger partial charge in [-0.2, -0.15) is 4.98 Å². The molecule has 1 unspecified atom stereocenters. The number of nitrogens with zero attached hydrogens (tertiary/aromatic N) is 4. The van der Waals surface area contributed by atoms with Crippen molar-refractivity contribution in [3.63, 3.8) is 0 Å². The van der Waals surface area contributed by atoms with Gasteiger partial charge in [0.25, 0.3) is 5.91 Å². The van der Waals surface area contributed by atoms with Crippen molar-refractivity contribution in [2.75, 3.05) is 13.1 Å². The van der Waals surface area contributed by atoms with Crippen LogP contribution in [0.1, 0.15) is 59.7 Å². The van der Waals surface area contributed by atoms with Gasteiger partial charge in [-0.15, -0.1) is 11.3 Å². The standard InChI is InChI=1S/C20H24N4O2S/c1-12(2)9-18-22-19(26-23-18)15-5-4-8-24(11-15)20(25)14-6-7-17-16(10-14)21-13(3)27-17/h6-7,10,12,15H,4-5,8-9,11H2,1-3H3. The van der Waals surface area contributed by atoms with Crippen molar-refractivity contribution >= 4 is 27.5 Å². The van der Waals surface area contributed by atoms with Gasteiger partial charge in [0.2, 0.25) is 5.89 Å². The quantitative estimate of drug-likeness (QED) is 0.674. The normalized spacial score (nSPS) is 17.8. The van der Waals surface area contributed by atoms with Crippen molar-refractivity contribution < 1.29 is 9.32 Å². The molecule has 3 heterocycles. The highest BCUT2D eigenvalue weighted by Gasteiger charge is 2.29. The number of benzene rings is 1. The average Bonchev–Trinajstić information content (AvgIpc) is 3.25. The van der Waals surface area contributed by atoms with E-state index in [-0.39, 0.29) is 11.8 Å². The maximum Gasteiger partial charge on any atom is 0.253 e. The van der Waals surface area contributed by atoms with Gasteiger partial charge in [-0.1, -0.05) is 19.0 Å². The first kappa shape index (κ1) is 18.1. The van der Waals surface area contributed by atoms with Crippen LogP contribution in [0.2, 0.25) is 0 Å². The molecule has 1 atom stereocenters. The minimum atomic E-state index is 0.0502. The van der Waals surface area contributed by atoms with Crippen LogP contribution in [0.15, 0.2) is 22.7 Å². The number of likely N-dealkylation sites (tertiary alicyclic amines) is 1. The molecule has 2 aromatic heterocycles. The Labute approximate surface area is 162 Å². The van der Waals surface area contributed by atoms with Gasteiger partial charge in [-0.05, 0) is 43.9 Å². The van der Waals surface area contributed by atoms with Crippen molar-refractivity contribution in [3.8, 4) is 0 Å². The van der Waals surface area contributed by atoms with Crippen LogP contribution in [-0.4, -0.2) is 39.0 Å². The second-order valence-corrected chi connectivity index (χ2v) is 8.89. The fourth-order valence-corrected chi connectivity index (χ4v) is 4.41. The van der Waals surface area contributed by atoms with Gasteiger partial charge < -0.3 is 9.42 Å². The molecule has 27 heavy (non-hydrogen) atoms. The highest BCUT2D eigenvalue weighted by molar-refractivity contribution is 7.18.